The molecule has 6 heteroatoms. The van der Waals surface area contributed by atoms with E-state index in [0.717, 1.165) is 24.5 Å². The smallest absolute Gasteiger partial charge is 0.224 e. The normalized spacial score (nSPS) is 18.5. The van der Waals surface area contributed by atoms with Crippen LogP contribution in [-0.2, 0) is 6.42 Å². The number of fused-ring (bicyclic) bond motifs is 1. The van der Waals surface area contributed by atoms with Gasteiger partial charge < -0.3 is 10.6 Å². The highest BCUT2D eigenvalue weighted by Crippen LogP contribution is 2.37. The predicted molar refractivity (Wildman–Crippen MR) is 80.0 cm³/mol. The van der Waals surface area contributed by atoms with Gasteiger partial charge in [-0.1, -0.05) is 0 Å². The number of hydrogen-bond donors (Lipinski definition) is 1. The van der Waals surface area contributed by atoms with Crippen LogP contribution in [0.3, 0.4) is 0 Å². The second-order valence-corrected chi connectivity index (χ2v) is 6.07. The van der Waals surface area contributed by atoms with Crippen molar-refractivity contribution in [3.8, 4) is 0 Å². The molecule has 0 bridgehead atoms. The van der Waals surface area contributed by atoms with E-state index < -0.39 is 0 Å². The van der Waals surface area contributed by atoms with Gasteiger partial charge in [0.25, 0.3) is 0 Å². The van der Waals surface area contributed by atoms with Crippen molar-refractivity contribution < 1.29 is 0 Å². The molecular formula is C13H15ClN4S. The van der Waals surface area contributed by atoms with Crippen LogP contribution in [0.15, 0.2) is 11.4 Å². The zero-order valence-electron chi connectivity index (χ0n) is 10.9. The third-order valence-electron chi connectivity index (χ3n) is 3.64. The number of nitrogens with two attached hydrogens (primary N) is 1. The average Bonchev–Trinajstić information content (AvgIpc) is 2.84. The maximum Gasteiger partial charge on any atom is 0.224 e. The molecule has 1 aliphatic rings. The zero-order chi connectivity index (χ0) is 13.6. The first-order valence-corrected chi connectivity index (χ1v) is 7.46. The van der Waals surface area contributed by atoms with Crippen LogP contribution >= 0.6 is 22.9 Å². The minimum atomic E-state index is 0.255. The van der Waals surface area contributed by atoms with Crippen molar-refractivity contribution in [3.63, 3.8) is 0 Å². The molecule has 0 radical (unpaired) electrons. The van der Waals surface area contributed by atoms with Gasteiger partial charge in [-0.15, -0.1) is 11.3 Å². The van der Waals surface area contributed by atoms with Gasteiger partial charge in [-0.25, -0.2) is 4.98 Å². The Morgan fingerprint density at radius 1 is 1.47 bits per heavy atom. The van der Waals surface area contributed by atoms with E-state index in [-0.39, 0.29) is 11.3 Å². The summed E-state index contributed by atoms with van der Waals surface area (Å²) in [6.07, 6.45) is 1.03. The third kappa shape index (κ3) is 2.07. The number of nitrogen functional groups attached to an aromatic ring is 1. The molecule has 0 saturated carbocycles. The number of aryl methyl sites for hydroxylation is 1. The maximum absolute atomic E-state index is 6.12. The van der Waals surface area contributed by atoms with Crippen molar-refractivity contribution in [2.24, 2.45) is 0 Å². The molecule has 2 aromatic heterocycles. The highest BCUT2D eigenvalue weighted by atomic mass is 35.5. The van der Waals surface area contributed by atoms with Crippen LogP contribution in [0.1, 0.15) is 29.1 Å². The fourth-order valence-corrected chi connectivity index (χ4v) is 3.72. The van der Waals surface area contributed by atoms with Crippen LogP contribution in [0.25, 0.3) is 0 Å². The molecule has 2 aromatic rings. The lowest BCUT2D eigenvalue weighted by Gasteiger charge is -2.35. The van der Waals surface area contributed by atoms with E-state index >= 15 is 0 Å². The summed E-state index contributed by atoms with van der Waals surface area (Å²) < 4.78 is 0. The molecule has 3 rings (SSSR count). The van der Waals surface area contributed by atoms with Crippen LogP contribution in [0, 0.1) is 6.92 Å². The Morgan fingerprint density at radius 3 is 3.05 bits per heavy atom. The Hall–Kier alpha value is -1.33. The fourth-order valence-electron chi connectivity index (χ4n) is 2.55. The topological polar surface area (TPSA) is 55.0 Å². The van der Waals surface area contributed by atoms with Crippen molar-refractivity contribution in [3.05, 3.63) is 32.9 Å². The van der Waals surface area contributed by atoms with Gasteiger partial charge in [0.15, 0.2) is 5.82 Å². The second kappa shape index (κ2) is 4.65. The Kier molecular flexibility index (Phi) is 3.11. The molecule has 4 nitrogen and oxygen atoms in total. The van der Waals surface area contributed by atoms with Gasteiger partial charge in [0.1, 0.15) is 0 Å². The lowest BCUT2D eigenvalue weighted by atomic mass is 10.0. The van der Waals surface area contributed by atoms with Gasteiger partial charge in [-0.05, 0) is 48.9 Å². The minimum absolute atomic E-state index is 0.255. The molecule has 1 atom stereocenters. The SMILES string of the molecule is Cc1nc(Cl)nc(N2CCc3sccc3C2C)c1N. The van der Waals surface area contributed by atoms with E-state index in [1.54, 1.807) is 0 Å². The highest BCUT2D eigenvalue weighted by molar-refractivity contribution is 7.10. The van der Waals surface area contributed by atoms with Gasteiger partial charge in [0.2, 0.25) is 5.28 Å². The van der Waals surface area contributed by atoms with Crippen LogP contribution in [0.2, 0.25) is 5.28 Å². The summed E-state index contributed by atoms with van der Waals surface area (Å²) in [5.74, 6) is 0.752. The van der Waals surface area contributed by atoms with Gasteiger partial charge in [0, 0.05) is 11.4 Å². The lowest BCUT2D eigenvalue weighted by Crippen LogP contribution is -2.34. The summed E-state index contributed by atoms with van der Waals surface area (Å²) in [5, 5.41) is 2.40. The van der Waals surface area contributed by atoms with Crippen molar-refractivity contribution >= 4 is 34.4 Å². The average molecular weight is 295 g/mol. The fraction of sp³-hybridized carbons (Fsp3) is 0.385. The van der Waals surface area contributed by atoms with E-state index in [1.165, 1.54) is 10.4 Å². The number of nitrogens with zero attached hydrogens (tertiary/aromatic N) is 3. The number of halogens is 1. The third-order valence-corrected chi connectivity index (χ3v) is 4.80. The summed E-state index contributed by atoms with van der Waals surface area (Å²) >= 11 is 7.79. The largest absolute Gasteiger partial charge is 0.394 e. The van der Waals surface area contributed by atoms with Crippen molar-refractivity contribution in [1.29, 1.82) is 0 Å². The molecule has 100 valence electrons. The zero-order valence-corrected chi connectivity index (χ0v) is 12.4. The molecule has 0 amide bonds. The van der Waals surface area contributed by atoms with Crippen molar-refractivity contribution in [2.45, 2.75) is 26.3 Å². The van der Waals surface area contributed by atoms with Crippen LogP contribution in [-0.4, -0.2) is 16.5 Å². The molecule has 19 heavy (non-hydrogen) atoms. The van der Waals surface area contributed by atoms with Crippen LogP contribution < -0.4 is 10.6 Å². The first kappa shape index (κ1) is 12.7. The maximum atomic E-state index is 6.12. The standard InChI is InChI=1S/C13H15ClN4S/c1-7-11(15)12(17-13(14)16-7)18-5-3-10-9(8(18)2)4-6-19-10/h4,6,8H,3,5,15H2,1-2H3. The Morgan fingerprint density at radius 2 is 2.26 bits per heavy atom. The summed E-state index contributed by atoms with van der Waals surface area (Å²) in [7, 11) is 0. The van der Waals surface area contributed by atoms with Gasteiger partial charge in [0.05, 0.1) is 17.4 Å². The number of thiophene rings is 1. The van der Waals surface area contributed by atoms with Gasteiger partial charge >= 0.3 is 0 Å². The Bertz CT molecular complexity index is 625. The number of anilines is 2. The number of rotatable bonds is 1. The monoisotopic (exact) mass is 294 g/mol. The lowest BCUT2D eigenvalue weighted by molar-refractivity contribution is 0.625. The molecule has 0 fully saturated rings. The predicted octanol–water partition coefficient (Wildman–Crippen LogP) is 3.21. The molecule has 0 spiro atoms. The van der Waals surface area contributed by atoms with Crippen LogP contribution in [0.4, 0.5) is 11.5 Å². The van der Waals surface area contributed by atoms with E-state index in [4.69, 9.17) is 17.3 Å². The van der Waals surface area contributed by atoms with Crippen LogP contribution in [0.5, 0.6) is 0 Å². The number of hydrogen-bond acceptors (Lipinski definition) is 5. The first-order valence-electron chi connectivity index (χ1n) is 6.20. The molecule has 0 saturated heterocycles. The molecule has 1 aliphatic heterocycles. The summed E-state index contributed by atoms with van der Waals surface area (Å²) in [6.45, 7) is 4.94. The Labute approximate surface area is 121 Å². The summed E-state index contributed by atoms with van der Waals surface area (Å²) in [6, 6.07) is 2.45. The molecule has 3 heterocycles. The van der Waals surface area contributed by atoms with E-state index in [0.29, 0.717) is 5.69 Å². The van der Waals surface area contributed by atoms with E-state index in [2.05, 4.69) is 33.2 Å². The quantitative estimate of drug-likeness (QED) is 0.821. The summed E-state index contributed by atoms with van der Waals surface area (Å²) in [4.78, 5) is 12.1. The minimum Gasteiger partial charge on any atom is -0.394 e. The van der Waals surface area contributed by atoms with E-state index in [9.17, 15) is 0 Å². The van der Waals surface area contributed by atoms with Gasteiger partial charge in [-0.2, -0.15) is 4.98 Å². The van der Waals surface area contributed by atoms with E-state index in [1.807, 2.05) is 18.3 Å². The molecule has 1 unspecified atom stereocenters. The number of aromatic nitrogens is 2. The molecule has 0 aromatic carbocycles. The van der Waals surface area contributed by atoms with Gasteiger partial charge in [-0.3, -0.25) is 0 Å². The Balaban J connectivity index is 2.05. The highest BCUT2D eigenvalue weighted by Gasteiger charge is 2.27. The molecule has 2 N–H and O–H groups in total. The van der Waals surface area contributed by atoms with Crippen molar-refractivity contribution in [1.82, 2.24) is 9.97 Å². The molecule has 0 aliphatic carbocycles. The van der Waals surface area contributed by atoms with Crippen molar-refractivity contribution in [2.75, 3.05) is 17.2 Å². The molecular weight excluding hydrogens is 280 g/mol. The first-order chi connectivity index (χ1) is 9.08. The summed E-state index contributed by atoms with van der Waals surface area (Å²) in [5.41, 5.74) is 8.84. The second-order valence-electron chi connectivity index (χ2n) is 4.73.